The van der Waals surface area contributed by atoms with Crippen molar-refractivity contribution in [2.45, 2.75) is 31.4 Å². The van der Waals surface area contributed by atoms with Crippen molar-refractivity contribution in [3.63, 3.8) is 0 Å². The fourth-order valence-corrected chi connectivity index (χ4v) is 1.91. The van der Waals surface area contributed by atoms with Gasteiger partial charge in [-0.1, -0.05) is 19.8 Å². The van der Waals surface area contributed by atoms with Gasteiger partial charge in [0.05, 0.1) is 0 Å². The molecule has 6 heteroatoms. The molecule has 72 valence electrons. The van der Waals surface area contributed by atoms with Crippen LogP contribution in [0.25, 0.3) is 0 Å². The molecule has 0 heterocycles. The van der Waals surface area contributed by atoms with Gasteiger partial charge in [0.25, 0.3) is 10.1 Å². The van der Waals surface area contributed by atoms with Gasteiger partial charge in [0.15, 0.2) is 5.25 Å². The fraction of sp³-hybridized carbons (Fsp3) is 0.833. The first-order valence-corrected chi connectivity index (χ1v) is 5.43. The second kappa shape index (κ2) is 4.79. The van der Waals surface area contributed by atoms with Crippen LogP contribution in [0.5, 0.6) is 0 Å². The predicted octanol–water partition coefficient (Wildman–Crippen LogP) is 1.20. The fourth-order valence-electron chi connectivity index (χ4n) is 0.769. The Morgan fingerprint density at radius 2 is 2.08 bits per heavy atom. The summed E-state index contributed by atoms with van der Waals surface area (Å²) in [6, 6.07) is 0. The molecule has 0 radical (unpaired) electrons. The highest BCUT2D eigenvalue weighted by Crippen LogP contribution is 2.11. The van der Waals surface area contributed by atoms with E-state index >= 15 is 0 Å². The highest BCUT2D eigenvalue weighted by Gasteiger charge is 2.28. The van der Waals surface area contributed by atoms with E-state index in [1.54, 1.807) is 0 Å². The third-order valence-corrected chi connectivity index (χ3v) is 2.99. The van der Waals surface area contributed by atoms with E-state index in [-0.39, 0.29) is 6.42 Å². The van der Waals surface area contributed by atoms with Crippen molar-refractivity contribution in [3.8, 4) is 0 Å². The zero-order valence-corrected chi connectivity index (χ0v) is 8.23. The van der Waals surface area contributed by atoms with Crippen LogP contribution in [0, 0.1) is 0 Å². The molecule has 0 amide bonds. The number of carbonyl (C=O) groups is 1. The molecule has 0 aliphatic heterocycles. The van der Waals surface area contributed by atoms with E-state index in [1.165, 1.54) is 0 Å². The molecule has 0 spiro atoms. The molecule has 0 saturated carbocycles. The normalized spacial score (nSPS) is 14.2. The average molecular weight is 215 g/mol. The van der Waals surface area contributed by atoms with E-state index in [0.717, 1.165) is 6.42 Å². The molecule has 12 heavy (non-hydrogen) atoms. The van der Waals surface area contributed by atoms with Gasteiger partial charge in [-0.05, 0) is 18.0 Å². The van der Waals surface area contributed by atoms with Gasteiger partial charge in [0.2, 0.25) is 5.24 Å². The summed E-state index contributed by atoms with van der Waals surface area (Å²) in [6.07, 6.45) is 1.37. The van der Waals surface area contributed by atoms with Gasteiger partial charge in [-0.3, -0.25) is 9.35 Å². The molecule has 0 rings (SSSR count). The van der Waals surface area contributed by atoms with Crippen molar-refractivity contribution in [1.82, 2.24) is 0 Å². The summed E-state index contributed by atoms with van der Waals surface area (Å²) >= 11 is 4.99. The highest BCUT2D eigenvalue weighted by molar-refractivity contribution is 7.87. The van der Waals surface area contributed by atoms with E-state index in [4.69, 9.17) is 16.2 Å². The number of halogens is 1. The second-order valence-corrected chi connectivity index (χ2v) is 4.42. The first-order chi connectivity index (χ1) is 5.39. The minimum Gasteiger partial charge on any atom is -0.285 e. The maximum Gasteiger partial charge on any atom is 0.276 e. The van der Waals surface area contributed by atoms with E-state index in [2.05, 4.69) is 0 Å². The number of rotatable bonds is 5. The largest absolute Gasteiger partial charge is 0.285 e. The van der Waals surface area contributed by atoms with Crippen LogP contribution < -0.4 is 0 Å². The maximum absolute atomic E-state index is 10.5. The van der Waals surface area contributed by atoms with Crippen molar-refractivity contribution in [3.05, 3.63) is 0 Å². The van der Waals surface area contributed by atoms with E-state index in [1.807, 2.05) is 6.92 Å². The molecule has 1 N–H and O–H groups in total. The third-order valence-electron chi connectivity index (χ3n) is 1.43. The van der Waals surface area contributed by atoms with Crippen LogP contribution in [0.2, 0.25) is 0 Å². The average Bonchev–Trinajstić information content (AvgIpc) is 1.84. The standard InChI is InChI=1S/C6H11ClO4S/c1-2-3-4-5(6(7)8)12(9,10)11/h5H,2-4H2,1H3,(H,9,10,11). The molecule has 0 bridgehead atoms. The summed E-state index contributed by atoms with van der Waals surface area (Å²) in [7, 11) is -4.32. The Kier molecular flexibility index (Phi) is 4.74. The van der Waals surface area contributed by atoms with E-state index in [0.29, 0.717) is 6.42 Å². The highest BCUT2D eigenvalue weighted by atomic mass is 35.5. The van der Waals surface area contributed by atoms with Gasteiger partial charge in [0, 0.05) is 0 Å². The lowest BCUT2D eigenvalue weighted by atomic mass is 10.2. The third kappa shape index (κ3) is 4.04. The quantitative estimate of drug-likeness (QED) is 0.552. The lowest BCUT2D eigenvalue weighted by Crippen LogP contribution is -2.26. The Morgan fingerprint density at radius 3 is 2.33 bits per heavy atom. The van der Waals surface area contributed by atoms with Crippen molar-refractivity contribution >= 4 is 27.0 Å². The SMILES string of the molecule is CCCCC(C(=O)Cl)S(=O)(=O)O. The lowest BCUT2D eigenvalue weighted by Gasteiger charge is -2.06. The summed E-state index contributed by atoms with van der Waals surface area (Å²) in [5.41, 5.74) is 0. The summed E-state index contributed by atoms with van der Waals surface area (Å²) in [5, 5.41) is -2.48. The first kappa shape index (κ1) is 11.9. The summed E-state index contributed by atoms with van der Waals surface area (Å²) in [4.78, 5) is 10.5. The molecule has 1 unspecified atom stereocenters. The van der Waals surface area contributed by atoms with Crippen LogP contribution in [-0.4, -0.2) is 23.5 Å². The molecule has 0 saturated heterocycles. The molecule has 0 aromatic heterocycles. The van der Waals surface area contributed by atoms with E-state index < -0.39 is 20.6 Å². The Labute approximate surface area is 76.7 Å². The zero-order chi connectivity index (χ0) is 9.78. The number of hydrogen-bond donors (Lipinski definition) is 1. The molecule has 0 aliphatic carbocycles. The van der Waals surface area contributed by atoms with Crippen LogP contribution in [0.3, 0.4) is 0 Å². The number of carbonyl (C=O) groups excluding carboxylic acids is 1. The Balaban J connectivity index is 4.36. The molecular weight excluding hydrogens is 204 g/mol. The van der Waals surface area contributed by atoms with Crippen LogP contribution in [0.15, 0.2) is 0 Å². The van der Waals surface area contributed by atoms with E-state index in [9.17, 15) is 13.2 Å². The lowest BCUT2D eigenvalue weighted by molar-refractivity contribution is -0.111. The number of hydrogen-bond acceptors (Lipinski definition) is 3. The molecular formula is C6H11ClO4S. The van der Waals surface area contributed by atoms with Crippen LogP contribution in [0.1, 0.15) is 26.2 Å². The van der Waals surface area contributed by atoms with Crippen molar-refractivity contribution in [2.24, 2.45) is 0 Å². The predicted molar refractivity (Wildman–Crippen MR) is 45.7 cm³/mol. The molecule has 4 nitrogen and oxygen atoms in total. The van der Waals surface area contributed by atoms with Crippen LogP contribution in [0.4, 0.5) is 0 Å². The maximum atomic E-state index is 10.5. The Bertz CT molecular complexity index is 246. The van der Waals surface area contributed by atoms with Gasteiger partial charge in [-0.15, -0.1) is 0 Å². The smallest absolute Gasteiger partial charge is 0.276 e. The minimum atomic E-state index is -4.32. The summed E-state index contributed by atoms with van der Waals surface area (Å²) in [5.74, 6) is 0. The Hall–Kier alpha value is -0.130. The topological polar surface area (TPSA) is 71.4 Å². The van der Waals surface area contributed by atoms with Gasteiger partial charge in [-0.2, -0.15) is 8.42 Å². The van der Waals surface area contributed by atoms with Gasteiger partial charge < -0.3 is 0 Å². The molecule has 0 fully saturated rings. The summed E-state index contributed by atoms with van der Waals surface area (Å²) < 4.78 is 29.6. The van der Waals surface area contributed by atoms with Crippen molar-refractivity contribution in [1.29, 1.82) is 0 Å². The summed E-state index contributed by atoms with van der Waals surface area (Å²) in [6.45, 7) is 1.85. The van der Waals surface area contributed by atoms with Crippen LogP contribution in [-0.2, 0) is 14.9 Å². The molecule has 0 aromatic carbocycles. The van der Waals surface area contributed by atoms with Crippen molar-refractivity contribution < 1.29 is 17.8 Å². The van der Waals surface area contributed by atoms with Crippen molar-refractivity contribution in [2.75, 3.05) is 0 Å². The molecule has 1 atom stereocenters. The van der Waals surface area contributed by atoms with Gasteiger partial charge >= 0.3 is 0 Å². The first-order valence-electron chi connectivity index (χ1n) is 3.55. The zero-order valence-electron chi connectivity index (χ0n) is 6.66. The Morgan fingerprint density at radius 1 is 1.58 bits per heavy atom. The monoisotopic (exact) mass is 214 g/mol. The molecule has 0 aromatic rings. The molecule has 0 aliphatic rings. The van der Waals surface area contributed by atoms with Crippen LogP contribution >= 0.6 is 11.6 Å². The number of unbranched alkanes of at least 4 members (excludes halogenated alkanes) is 1. The second-order valence-electron chi connectivity index (χ2n) is 2.45. The minimum absolute atomic E-state index is 0.0810. The van der Waals surface area contributed by atoms with Gasteiger partial charge in [-0.25, -0.2) is 0 Å². The van der Waals surface area contributed by atoms with Gasteiger partial charge in [0.1, 0.15) is 0 Å².